The van der Waals surface area contributed by atoms with Crippen LogP contribution in [0, 0.1) is 5.82 Å². The molecule has 2 amide bonds. The maximum Gasteiger partial charge on any atom is 0.417 e. The summed E-state index contributed by atoms with van der Waals surface area (Å²) in [5.41, 5.74) is 0.125. The van der Waals surface area contributed by atoms with Crippen LogP contribution in [0.15, 0.2) is 72.8 Å². The summed E-state index contributed by atoms with van der Waals surface area (Å²) in [7, 11) is 1.44. The largest absolute Gasteiger partial charge is 0.417 e. The number of likely N-dealkylation sites (tertiary alicyclic amines) is 1. The number of carbonyl (C=O) groups excluding carboxylic acids is 2. The van der Waals surface area contributed by atoms with Gasteiger partial charge < -0.3 is 15.1 Å². The zero-order valence-corrected chi connectivity index (χ0v) is 19.6. The van der Waals surface area contributed by atoms with Crippen LogP contribution in [0.25, 0.3) is 0 Å². The van der Waals surface area contributed by atoms with Gasteiger partial charge in [0, 0.05) is 31.9 Å². The second-order valence-electron chi connectivity index (χ2n) is 8.66. The van der Waals surface area contributed by atoms with Gasteiger partial charge in [-0.25, -0.2) is 4.39 Å². The van der Waals surface area contributed by atoms with Crippen molar-refractivity contribution in [3.8, 4) is 0 Å². The van der Waals surface area contributed by atoms with Gasteiger partial charge >= 0.3 is 6.18 Å². The summed E-state index contributed by atoms with van der Waals surface area (Å²) in [5.74, 6) is -2.06. The molecule has 36 heavy (non-hydrogen) atoms. The number of alkyl halides is 3. The minimum atomic E-state index is -4.86. The molecule has 1 heterocycles. The van der Waals surface area contributed by atoms with Gasteiger partial charge in [-0.3, -0.25) is 9.59 Å². The highest BCUT2D eigenvalue weighted by Gasteiger charge is 2.37. The summed E-state index contributed by atoms with van der Waals surface area (Å²) < 4.78 is 53.6. The predicted molar refractivity (Wildman–Crippen MR) is 129 cm³/mol. The van der Waals surface area contributed by atoms with E-state index in [1.54, 1.807) is 17.0 Å². The molecule has 0 saturated carbocycles. The molecule has 1 aliphatic rings. The van der Waals surface area contributed by atoms with Gasteiger partial charge in [-0.1, -0.05) is 30.3 Å². The van der Waals surface area contributed by atoms with Crippen molar-refractivity contribution in [3.63, 3.8) is 0 Å². The average Bonchev–Trinajstić information content (AvgIpc) is 2.88. The zero-order chi connectivity index (χ0) is 25.9. The molecule has 4 rings (SSSR count). The third-order valence-electron chi connectivity index (χ3n) is 6.35. The number of para-hydroxylation sites is 2. The van der Waals surface area contributed by atoms with Crippen LogP contribution in [0.2, 0.25) is 0 Å². The van der Waals surface area contributed by atoms with Crippen molar-refractivity contribution in [2.75, 3.05) is 25.5 Å². The number of piperidine rings is 1. The Bertz CT molecular complexity index is 1240. The number of rotatable bonds is 5. The maximum absolute atomic E-state index is 13.4. The number of benzene rings is 3. The maximum atomic E-state index is 13.4. The summed E-state index contributed by atoms with van der Waals surface area (Å²) in [6, 6.07) is 18.3. The molecule has 3 aromatic rings. The Balaban J connectivity index is 1.44. The molecule has 1 N–H and O–H groups in total. The Hall–Kier alpha value is -3.88. The zero-order valence-electron chi connectivity index (χ0n) is 19.6. The van der Waals surface area contributed by atoms with Gasteiger partial charge in [0.2, 0.25) is 0 Å². The first-order valence-electron chi connectivity index (χ1n) is 11.5. The molecule has 5 nitrogen and oxygen atoms in total. The second kappa shape index (κ2) is 10.4. The summed E-state index contributed by atoms with van der Waals surface area (Å²) in [5, 5.41) is 3.26. The lowest BCUT2D eigenvalue weighted by Gasteiger charge is -2.37. The molecule has 0 aliphatic carbocycles. The minimum absolute atomic E-state index is 0.167. The Morgan fingerprint density at radius 1 is 0.917 bits per heavy atom. The van der Waals surface area contributed by atoms with E-state index in [0.29, 0.717) is 43.2 Å². The van der Waals surface area contributed by atoms with Crippen LogP contribution < -0.4 is 5.32 Å². The Morgan fingerprint density at radius 3 is 2.22 bits per heavy atom. The quantitative estimate of drug-likeness (QED) is 0.441. The van der Waals surface area contributed by atoms with Crippen LogP contribution >= 0.6 is 0 Å². The van der Waals surface area contributed by atoms with Crippen LogP contribution in [-0.2, 0) is 6.18 Å². The molecule has 1 aliphatic heterocycles. The van der Waals surface area contributed by atoms with Gasteiger partial charge in [0.05, 0.1) is 22.4 Å². The first kappa shape index (κ1) is 25.2. The van der Waals surface area contributed by atoms with Gasteiger partial charge in [0.1, 0.15) is 5.82 Å². The van der Waals surface area contributed by atoms with E-state index in [-0.39, 0.29) is 11.9 Å². The van der Waals surface area contributed by atoms with Crippen molar-refractivity contribution in [1.29, 1.82) is 0 Å². The molecule has 1 fully saturated rings. The van der Waals surface area contributed by atoms with Crippen molar-refractivity contribution in [2.24, 2.45) is 0 Å². The number of hydrogen-bond donors (Lipinski definition) is 1. The van der Waals surface area contributed by atoms with Crippen LogP contribution in [-0.4, -0.2) is 47.8 Å². The lowest BCUT2D eigenvalue weighted by molar-refractivity contribution is -0.138. The number of nitrogens with zero attached hydrogens (tertiary/aromatic N) is 2. The first-order chi connectivity index (χ1) is 17.1. The summed E-state index contributed by atoms with van der Waals surface area (Å²) >= 11 is 0. The van der Waals surface area contributed by atoms with Crippen molar-refractivity contribution >= 4 is 23.2 Å². The fraction of sp³-hybridized carbons (Fsp3) is 0.259. The van der Waals surface area contributed by atoms with Crippen molar-refractivity contribution in [2.45, 2.75) is 25.1 Å². The molecule has 0 atom stereocenters. The SMILES string of the molecule is CN(C(=O)c1ccc(F)cc1C(F)(F)F)C1CCN(C(=O)c2ccccc2Nc2ccccc2)CC1. The highest BCUT2D eigenvalue weighted by atomic mass is 19.4. The number of amides is 2. The second-order valence-corrected chi connectivity index (χ2v) is 8.66. The van der Waals surface area contributed by atoms with E-state index in [1.165, 1.54) is 11.9 Å². The first-order valence-corrected chi connectivity index (χ1v) is 11.5. The van der Waals surface area contributed by atoms with E-state index < -0.39 is 29.0 Å². The van der Waals surface area contributed by atoms with Gasteiger partial charge in [0.25, 0.3) is 11.8 Å². The van der Waals surface area contributed by atoms with E-state index in [0.717, 1.165) is 17.8 Å². The number of anilines is 2. The fourth-order valence-electron chi connectivity index (χ4n) is 4.38. The molecule has 0 bridgehead atoms. The third-order valence-corrected chi connectivity index (χ3v) is 6.35. The molecule has 0 radical (unpaired) electrons. The number of nitrogens with one attached hydrogen (secondary N) is 1. The lowest BCUT2D eigenvalue weighted by Crippen LogP contribution is -2.47. The van der Waals surface area contributed by atoms with E-state index in [4.69, 9.17) is 0 Å². The van der Waals surface area contributed by atoms with Crippen LogP contribution in [0.3, 0.4) is 0 Å². The fourth-order valence-corrected chi connectivity index (χ4v) is 4.38. The van der Waals surface area contributed by atoms with Crippen molar-refractivity contribution < 1.29 is 27.2 Å². The summed E-state index contributed by atoms with van der Waals surface area (Å²) in [6.07, 6.45) is -4.04. The van der Waals surface area contributed by atoms with Crippen LogP contribution in [0.1, 0.15) is 39.1 Å². The molecular weight excluding hydrogens is 474 g/mol. The molecule has 0 spiro atoms. The monoisotopic (exact) mass is 499 g/mol. The molecule has 1 saturated heterocycles. The molecule has 0 unspecified atom stereocenters. The van der Waals surface area contributed by atoms with E-state index in [2.05, 4.69) is 5.32 Å². The molecule has 0 aromatic heterocycles. The van der Waals surface area contributed by atoms with Crippen molar-refractivity contribution in [1.82, 2.24) is 9.80 Å². The highest BCUT2D eigenvalue weighted by molar-refractivity contribution is 6.00. The smallest absolute Gasteiger partial charge is 0.355 e. The Labute approximate surface area is 206 Å². The standard InChI is InChI=1S/C27H25F4N3O2/c1-33(25(35)21-12-11-18(28)17-23(21)27(29,30)31)20-13-15-34(16-14-20)26(36)22-9-5-6-10-24(22)32-19-7-3-2-4-8-19/h2-12,17,20,32H,13-16H2,1H3. The highest BCUT2D eigenvalue weighted by Crippen LogP contribution is 2.34. The molecular formula is C27H25F4N3O2. The van der Waals surface area contributed by atoms with Gasteiger partial charge in [0.15, 0.2) is 0 Å². The van der Waals surface area contributed by atoms with Gasteiger partial charge in [-0.05, 0) is 55.3 Å². The Kier molecular flexibility index (Phi) is 7.28. The van der Waals surface area contributed by atoms with E-state index in [1.807, 2.05) is 42.5 Å². The number of hydrogen-bond acceptors (Lipinski definition) is 3. The summed E-state index contributed by atoms with van der Waals surface area (Å²) in [6.45, 7) is 0.687. The molecule has 9 heteroatoms. The van der Waals surface area contributed by atoms with E-state index >= 15 is 0 Å². The van der Waals surface area contributed by atoms with Gasteiger partial charge in [-0.2, -0.15) is 13.2 Å². The van der Waals surface area contributed by atoms with Gasteiger partial charge in [-0.15, -0.1) is 0 Å². The average molecular weight is 500 g/mol. The topological polar surface area (TPSA) is 52.7 Å². The van der Waals surface area contributed by atoms with Crippen molar-refractivity contribution in [3.05, 3.63) is 95.3 Å². The normalized spacial score (nSPS) is 14.4. The minimum Gasteiger partial charge on any atom is -0.355 e. The summed E-state index contributed by atoms with van der Waals surface area (Å²) in [4.78, 5) is 29.1. The molecule has 188 valence electrons. The predicted octanol–water partition coefficient (Wildman–Crippen LogP) is 5.96. The van der Waals surface area contributed by atoms with Crippen LogP contribution in [0.4, 0.5) is 28.9 Å². The molecule has 3 aromatic carbocycles. The Morgan fingerprint density at radius 2 is 1.56 bits per heavy atom. The number of carbonyl (C=O) groups is 2. The third kappa shape index (κ3) is 5.50. The van der Waals surface area contributed by atoms with E-state index in [9.17, 15) is 27.2 Å². The lowest BCUT2D eigenvalue weighted by atomic mass is 9.99. The van der Waals surface area contributed by atoms with Crippen LogP contribution in [0.5, 0.6) is 0 Å². The number of halogens is 4.